The average molecular weight is 348 g/mol. The van der Waals surface area contributed by atoms with Gasteiger partial charge < -0.3 is 4.74 Å². The molecule has 0 N–H and O–H groups in total. The Morgan fingerprint density at radius 1 is 0.962 bits per heavy atom. The molecule has 2 heterocycles. The molecular weight excluding hydrogens is 332 g/mol. The van der Waals surface area contributed by atoms with Gasteiger partial charge in [-0.05, 0) is 36.4 Å². The number of carbonyl (C=O) groups excluding carboxylic acids is 2. The van der Waals surface area contributed by atoms with Crippen LogP contribution in [0, 0.1) is 0 Å². The van der Waals surface area contributed by atoms with E-state index in [4.69, 9.17) is 4.74 Å². The minimum absolute atomic E-state index is 0.251. The summed E-state index contributed by atoms with van der Waals surface area (Å²) in [6.07, 6.45) is 1.87. The van der Waals surface area contributed by atoms with Gasteiger partial charge in [0.25, 0.3) is 11.8 Å². The van der Waals surface area contributed by atoms with Crippen molar-refractivity contribution in [2.24, 2.45) is 0 Å². The third-order valence-electron chi connectivity index (χ3n) is 4.37. The van der Waals surface area contributed by atoms with Crippen LogP contribution in [-0.4, -0.2) is 45.1 Å². The monoisotopic (exact) mass is 348 g/mol. The van der Waals surface area contributed by atoms with Crippen LogP contribution in [-0.2, 0) is 6.42 Å². The van der Waals surface area contributed by atoms with Gasteiger partial charge >= 0.3 is 0 Å². The minimum atomic E-state index is -0.263. The van der Waals surface area contributed by atoms with Crippen molar-refractivity contribution in [3.05, 3.63) is 71.8 Å². The summed E-state index contributed by atoms with van der Waals surface area (Å²) < 4.78 is 6.85. The summed E-state index contributed by atoms with van der Waals surface area (Å²) in [6.45, 7) is 0.251. The van der Waals surface area contributed by atoms with Gasteiger partial charge in [-0.25, -0.2) is 9.67 Å². The first-order valence-electron chi connectivity index (χ1n) is 8.17. The topological polar surface area (TPSA) is 77.3 Å². The van der Waals surface area contributed by atoms with Crippen molar-refractivity contribution < 1.29 is 14.3 Å². The molecule has 0 aliphatic carbocycles. The van der Waals surface area contributed by atoms with Crippen molar-refractivity contribution in [1.29, 1.82) is 0 Å². The highest BCUT2D eigenvalue weighted by Crippen LogP contribution is 2.23. The first kappa shape index (κ1) is 16.0. The Bertz CT molecular complexity index is 943. The molecule has 0 unspecified atom stereocenters. The van der Waals surface area contributed by atoms with Crippen LogP contribution in [0.4, 0.5) is 0 Å². The van der Waals surface area contributed by atoms with Gasteiger partial charge in [-0.15, -0.1) is 0 Å². The second-order valence-electron chi connectivity index (χ2n) is 5.84. The zero-order chi connectivity index (χ0) is 18.1. The van der Waals surface area contributed by atoms with E-state index in [1.165, 1.54) is 11.2 Å². The van der Waals surface area contributed by atoms with Crippen molar-refractivity contribution in [2.45, 2.75) is 6.42 Å². The Morgan fingerprint density at radius 3 is 2.23 bits per heavy atom. The minimum Gasteiger partial charge on any atom is -0.497 e. The molecular formula is C19H16N4O3. The van der Waals surface area contributed by atoms with Crippen LogP contribution in [0.3, 0.4) is 0 Å². The van der Waals surface area contributed by atoms with Gasteiger partial charge in [-0.1, -0.05) is 12.1 Å². The number of benzene rings is 2. The summed E-state index contributed by atoms with van der Waals surface area (Å²) in [5, 5.41) is 4.24. The Labute approximate surface area is 149 Å². The molecule has 0 atom stereocenters. The van der Waals surface area contributed by atoms with E-state index in [0.29, 0.717) is 23.4 Å². The maximum Gasteiger partial charge on any atom is 0.261 e. The number of amides is 2. The highest BCUT2D eigenvalue weighted by molar-refractivity contribution is 6.21. The predicted octanol–water partition coefficient (Wildman–Crippen LogP) is 2.11. The van der Waals surface area contributed by atoms with Crippen LogP contribution >= 0.6 is 0 Å². The lowest BCUT2D eigenvalue weighted by Crippen LogP contribution is -2.32. The zero-order valence-electron chi connectivity index (χ0n) is 14.1. The molecule has 4 rings (SSSR count). The molecule has 2 aromatic carbocycles. The molecule has 7 heteroatoms. The van der Waals surface area contributed by atoms with Gasteiger partial charge in [-0.2, -0.15) is 5.10 Å². The number of rotatable bonds is 5. The highest BCUT2D eigenvalue weighted by Gasteiger charge is 2.34. The number of nitrogens with zero attached hydrogens (tertiary/aromatic N) is 4. The number of aromatic nitrogens is 3. The number of carbonyl (C=O) groups is 2. The fourth-order valence-corrected chi connectivity index (χ4v) is 3.03. The normalized spacial score (nSPS) is 13.2. The van der Waals surface area contributed by atoms with Crippen LogP contribution in [0.25, 0.3) is 5.69 Å². The largest absolute Gasteiger partial charge is 0.497 e. The maximum absolute atomic E-state index is 12.4. The number of hydrogen-bond acceptors (Lipinski definition) is 5. The second kappa shape index (κ2) is 6.44. The lowest BCUT2D eigenvalue weighted by Gasteiger charge is -2.14. The van der Waals surface area contributed by atoms with Gasteiger partial charge in [0.05, 0.1) is 23.9 Å². The van der Waals surface area contributed by atoms with Gasteiger partial charge in [0.1, 0.15) is 17.9 Å². The molecule has 0 saturated carbocycles. The molecule has 0 fully saturated rings. The number of imide groups is 1. The molecule has 0 radical (unpaired) electrons. The smallest absolute Gasteiger partial charge is 0.261 e. The molecule has 0 bridgehead atoms. The van der Waals surface area contributed by atoms with Crippen molar-refractivity contribution in [1.82, 2.24) is 19.7 Å². The molecule has 1 aromatic heterocycles. The summed E-state index contributed by atoms with van der Waals surface area (Å²) in [5.41, 5.74) is 1.74. The quantitative estimate of drug-likeness (QED) is 0.660. The zero-order valence-corrected chi connectivity index (χ0v) is 14.1. The van der Waals surface area contributed by atoms with Crippen molar-refractivity contribution >= 4 is 11.8 Å². The fourth-order valence-electron chi connectivity index (χ4n) is 3.03. The Morgan fingerprint density at radius 2 is 1.62 bits per heavy atom. The van der Waals surface area contributed by atoms with Crippen LogP contribution in [0.1, 0.15) is 26.5 Å². The van der Waals surface area contributed by atoms with Crippen LogP contribution in [0.15, 0.2) is 54.9 Å². The van der Waals surface area contributed by atoms with E-state index in [2.05, 4.69) is 10.1 Å². The summed E-state index contributed by atoms with van der Waals surface area (Å²) >= 11 is 0. The van der Waals surface area contributed by atoms with E-state index in [0.717, 1.165) is 11.4 Å². The molecule has 1 aliphatic heterocycles. The molecule has 0 saturated heterocycles. The van der Waals surface area contributed by atoms with Crippen molar-refractivity contribution in [3.63, 3.8) is 0 Å². The summed E-state index contributed by atoms with van der Waals surface area (Å²) in [5.74, 6) is 0.899. The highest BCUT2D eigenvalue weighted by atomic mass is 16.5. The number of ether oxygens (including phenoxy) is 1. The van der Waals surface area contributed by atoms with Gasteiger partial charge in [0, 0.05) is 13.0 Å². The van der Waals surface area contributed by atoms with E-state index < -0.39 is 0 Å². The van der Waals surface area contributed by atoms with Crippen molar-refractivity contribution in [2.75, 3.05) is 13.7 Å². The summed E-state index contributed by atoms with van der Waals surface area (Å²) in [7, 11) is 1.61. The number of fused-ring (bicyclic) bond motifs is 1. The third kappa shape index (κ3) is 2.63. The van der Waals surface area contributed by atoms with E-state index in [9.17, 15) is 9.59 Å². The van der Waals surface area contributed by atoms with Crippen molar-refractivity contribution in [3.8, 4) is 11.4 Å². The molecule has 0 spiro atoms. The molecule has 26 heavy (non-hydrogen) atoms. The molecule has 7 nitrogen and oxygen atoms in total. The van der Waals surface area contributed by atoms with Gasteiger partial charge in [0.2, 0.25) is 0 Å². The Hall–Kier alpha value is -3.48. The summed E-state index contributed by atoms with van der Waals surface area (Å²) in [4.78, 5) is 30.4. The number of hydrogen-bond donors (Lipinski definition) is 0. The fraction of sp³-hybridized carbons (Fsp3) is 0.158. The average Bonchev–Trinajstić information content (AvgIpc) is 3.24. The van der Waals surface area contributed by atoms with Gasteiger partial charge in [0.15, 0.2) is 0 Å². The third-order valence-corrected chi connectivity index (χ3v) is 4.37. The van der Waals surface area contributed by atoms with Crippen LogP contribution in [0.2, 0.25) is 0 Å². The van der Waals surface area contributed by atoms with Crippen LogP contribution in [0.5, 0.6) is 5.75 Å². The van der Waals surface area contributed by atoms with E-state index in [1.807, 2.05) is 24.3 Å². The second-order valence-corrected chi connectivity index (χ2v) is 5.84. The Kier molecular flexibility index (Phi) is 3.96. The van der Waals surface area contributed by atoms with E-state index in [-0.39, 0.29) is 18.4 Å². The molecule has 1 aliphatic rings. The standard InChI is InChI=1S/C19H16N4O3/c1-26-14-8-6-13(7-9-14)23-17(20-12-21-23)10-11-22-18(24)15-4-2-3-5-16(15)19(22)25/h2-9,12H,10-11H2,1H3. The number of methoxy groups -OCH3 is 1. The first-order chi connectivity index (χ1) is 12.7. The first-order valence-corrected chi connectivity index (χ1v) is 8.17. The van der Waals surface area contributed by atoms with Crippen LogP contribution < -0.4 is 4.74 Å². The lowest BCUT2D eigenvalue weighted by atomic mass is 10.1. The molecule has 2 amide bonds. The lowest BCUT2D eigenvalue weighted by molar-refractivity contribution is 0.0655. The maximum atomic E-state index is 12.4. The van der Waals surface area contributed by atoms with Gasteiger partial charge in [-0.3, -0.25) is 14.5 Å². The summed E-state index contributed by atoms with van der Waals surface area (Å²) in [6, 6.07) is 14.3. The molecule has 130 valence electrons. The predicted molar refractivity (Wildman–Crippen MR) is 93.4 cm³/mol. The molecule has 3 aromatic rings. The Balaban J connectivity index is 1.52. The van der Waals surface area contributed by atoms with E-state index >= 15 is 0 Å². The van der Waals surface area contributed by atoms with E-state index in [1.54, 1.807) is 36.1 Å². The SMILES string of the molecule is COc1ccc(-n2ncnc2CCN2C(=O)c3ccccc3C2=O)cc1.